The summed E-state index contributed by atoms with van der Waals surface area (Å²) in [6, 6.07) is 5.73. The highest BCUT2D eigenvalue weighted by molar-refractivity contribution is 9.10. The van der Waals surface area contributed by atoms with Crippen molar-refractivity contribution in [1.82, 2.24) is 14.8 Å². The number of halogens is 1. The van der Waals surface area contributed by atoms with Crippen molar-refractivity contribution in [2.75, 3.05) is 16.8 Å². The molecular formula is C19H23BrN4O3S2. The molecule has 1 N–H and O–H groups in total. The Bertz CT molecular complexity index is 1040. The number of nitrogens with zero attached hydrogens (tertiary/aromatic N) is 3. The Morgan fingerprint density at radius 1 is 1.48 bits per heavy atom. The molecule has 1 aromatic carbocycles. The second-order valence-corrected chi connectivity index (χ2v) is 11.5. The van der Waals surface area contributed by atoms with E-state index in [0.717, 1.165) is 10.0 Å². The van der Waals surface area contributed by atoms with Gasteiger partial charge in [-0.25, -0.2) is 8.42 Å². The van der Waals surface area contributed by atoms with Crippen LogP contribution in [0.2, 0.25) is 0 Å². The summed E-state index contributed by atoms with van der Waals surface area (Å²) in [5.41, 5.74) is 1.80. The third kappa shape index (κ3) is 5.29. The zero-order valence-corrected chi connectivity index (χ0v) is 19.5. The lowest BCUT2D eigenvalue weighted by molar-refractivity contribution is -0.115. The van der Waals surface area contributed by atoms with Crippen LogP contribution in [-0.4, -0.2) is 45.8 Å². The first kappa shape index (κ1) is 22.0. The maximum atomic E-state index is 12.7. The number of aromatic nitrogens is 3. The molecule has 0 spiro atoms. The van der Waals surface area contributed by atoms with Gasteiger partial charge in [0, 0.05) is 16.9 Å². The van der Waals surface area contributed by atoms with E-state index < -0.39 is 15.1 Å². The van der Waals surface area contributed by atoms with Gasteiger partial charge >= 0.3 is 0 Å². The lowest BCUT2D eigenvalue weighted by Crippen LogP contribution is -2.23. The first-order valence-corrected chi connectivity index (χ1v) is 12.7. The van der Waals surface area contributed by atoms with Gasteiger partial charge in [0.15, 0.2) is 15.0 Å². The molecule has 2 atom stereocenters. The number of nitrogens with one attached hydrogen (secondary N) is 1. The van der Waals surface area contributed by atoms with Crippen LogP contribution in [0.1, 0.15) is 30.7 Å². The highest BCUT2D eigenvalue weighted by atomic mass is 79.9. The van der Waals surface area contributed by atoms with Gasteiger partial charge in [0.05, 0.1) is 22.4 Å². The van der Waals surface area contributed by atoms with Gasteiger partial charge in [-0.1, -0.05) is 23.9 Å². The van der Waals surface area contributed by atoms with Gasteiger partial charge in [-0.2, -0.15) is 0 Å². The number of hydrogen-bond acceptors (Lipinski definition) is 6. The average molecular weight is 499 g/mol. The van der Waals surface area contributed by atoms with E-state index in [2.05, 4.69) is 38.0 Å². The van der Waals surface area contributed by atoms with Crippen LogP contribution in [0.4, 0.5) is 5.69 Å². The van der Waals surface area contributed by atoms with E-state index in [0.29, 0.717) is 29.6 Å². The fourth-order valence-corrected chi connectivity index (χ4v) is 6.35. The molecule has 2 heterocycles. The van der Waals surface area contributed by atoms with Gasteiger partial charge in [0.1, 0.15) is 5.82 Å². The fourth-order valence-electron chi connectivity index (χ4n) is 3.16. The molecule has 10 heteroatoms. The van der Waals surface area contributed by atoms with Crippen LogP contribution in [0.15, 0.2) is 40.5 Å². The van der Waals surface area contributed by atoms with Crippen molar-refractivity contribution >= 4 is 49.1 Å². The minimum atomic E-state index is -3.03. The lowest BCUT2D eigenvalue weighted by atomic mass is 10.1. The number of thioether (sulfide) groups is 1. The Morgan fingerprint density at radius 3 is 2.86 bits per heavy atom. The monoisotopic (exact) mass is 498 g/mol. The number of sulfone groups is 1. The van der Waals surface area contributed by atoms with E-state index in [4.69, 9.17) is 0 Å². The van der Waals surface area contributed by atoms with Gasteiger partial charge in [-0.05, 0) is 53.9 Å². The first-order chi connectivity index (χ1) is 13.7. The smallest absolute Gasteiger partial charge is 0.237 e. The van der Waals surface area contributed by atoms with Crippen LogP contribution < -0.4 is 5.32 Å². The molecule has 1 fully saturated rings. The Kier molecular flexibility index (Phi) is 6.85. The molecule has 0 aliphatic carbocycles. The SMILES string of the molecule is C=CCn1c(SC(C)C(=O)Nc2ccc(C)cc2Br)nnc1C1CCS(=O)(=O)C1. The highest BCUT2D eigenvalue weighted by Crippen LogP contribution is 2.32. The Hall–Kier alpha value is -1.65. The summed E-state index contributed by atoms with van der Waals surface area (Å²) in [7, 11) is -3.03. The molecule has 1 aliphatic rings. The van der Waals surface area contributed by atoms with E-state index in [9.17, 15) is 13.2 Å². The number of allylic oxidation sites excluding steroid dienone is 1. The summed E-state index contributed by atoms with van der Waals surface area (Å²) in [5, 5.41) is 11.5. The summed E-state index contributed by atoms with van der Waals surface area (Å²) in [6.45, 7) is 8.01. The molecular weight excluding hydrogens is 476 g/mol. The minimum Gasteiger partial charge on any atom is -0.324 e. The highest BCUT2D eigenvalue weighted by Gasteiger charge is 2.33. The van der Waals surface area contributed by atoms with Crippen molar-refractivity contribution in [3.05, 3.63) is 46.7 Å². The molecule has 29 heavy (non-hydrogen) atoms. The third-order valence-corrected chi connectivity index (χ3v) is 8.19. The Balaban J connectivity index is 1.75. The zero-order valence-electron chi connectivity index (χ0n) is 16.3. The molecule has 1 aromatic heterocycles. The molecule has 0 radical (unpaired) electrons. The van der Waals surface area contributed by atoms with E-state index in [1.54, 1.807) is 13.0 Å². The number of carbonyl (C=O) groups excluding carboxylic acids is 1. The van der Waals surface area contributed by atoms with Crippen molar-refractivity contribution in [1.29, 1.82) is 0 Å². The summed E-state index contributed by atoms with van der Waals surface area (Å²) >= 11 is 4.76. The van der Waals surface area contributed by atoms with Gasteiger partial charge in [-0.3, -0.25) is 4.79 Å². The average Bonchev–Trinajstić information content (AvgIpc) is 3.20. The second kappa shape index (κ2) is 9.01. The van der Waals surface area contributed by atoms with Crippen molar-refractivity contribution < 1.29 is 13.2 Å². The lowest BCUT2D eigenvalue weighted by Gasteiger charge is -2.15. The molecule has 156 valence electrons. The zero-order chi connectivity index (χ0) is 21.2. The maximum Gasteiger partial charge on any atom is 0.237 e. The summed E-state index contributed by atoms with van der Waals surface area (Å²) in [5.74, 6) is 0.574. The van der Waals surface area contributed by atoms with E-state index in [1.165, 1.54) is 11.8 Å². The predicted molar refractivity (Wildman–Crippen MR) is 119 cm³/mol. The normalized spacial score (nSPS) is 19.1. The number of carbonyl (C=O) groups is 1. The molecule has 0 bridgehead atoms. The molecule has 7 nitrogen and oxygen atoms in total. The predicted octanol–water partition coefficient (Wildman–Crippen LogP) is 3.56. The standard InChI is InChI=1S/C19H23BrN4O3S2/c1-4-8-24-17(14-7-9-29(26,27)11-14)22-23-19(24)28-13(3)18(25)21-16-6-5-12(2)10-15(16)20/h4-6,10,13-14H,1,7-9,11H2,2-3H3,(H,21,25). The maximum absolute atomic E-state index is 12.7. The number of aryl methyl sites for hydroxylation is 1. The molecule has 1 amide bonds. The van der Waals surface area contributed by atoms with Crippen LogP contribution in [0, 0.1) is 6.92 Å². The third-order valence-electron chi connectivity index (χ3n) is 4.69. The van der Waals surface area contributed by atoms with Gasteiger partial charge in [0.2, 0.25) is 5.91 Å². The van der Waals surface area contributed by atoms with Gasteiger partial charge in [0.25, 0.3) is 0 Å². The quantitative estimate of drug-likeness (QED) is 0.463. The van der Waals surface area contributed by atoms with Crippen LogP contribution in [0.25, 0.3) is 0 Å². The Morgan fingerprint density at radius 2 is 2.24 bits per heavy atom. The topological polar surface area (TPSA) is 93.9 Å². The number of anilines is 1. The summed E-state index contributed by atoms with van der Waals surface area (Å²) < 4.78 is 26.4. The second-order valence-electron chi connectivity index (χ2n) is 7.07. The molecule has 1 saturated heterocycles. The molecule has 2 unspecified atom stereocenters. The van der Waals surface area contributed by atoms with E-state index in [1.807, 2.05) is 29.7 Å². The number of hydrogen-bond donors (Lipinski definition) is 1. The largest absolute Gasteiger partial charge is 0.324 e. The van der Waals surface area contributed by atoms with Gasteiger partial charge in [-0.15, -0.1) is 16.8 Å². The van der Waals surface area contributed by atoms with E-state index in [-0.39, 0.29) is 23.3 Å². The Labute approximate surface area is 183 Å². The van der Waals surface area contributed by atoms with Crippen molar-refractivity contribution in [2.24, 2.45) is 0 Å². The number of amides is 1. The van der Waals surface area contributed by atoms with Gasteiger partial charge < -0.3 is 9.88 Å². The first-order valence-electron chi connectivity index (χ1n) is 9.18. The van der Waals surface area contributed by atoms with E-state index >= 15 is 0 Å². The van der Waals surface area contributed by atoms with Crippen LogP contribution in [-0.2, 0) is 21.2 Å². The van der Waals surface area contributed by atoms with Crippen LogP contribution in [0.3, 0.4) is 0 Å². The van der Waals surface area contributed by atoms with Crippen molar-refractivity contribution in [2.45, 2.75) is 43.1 Å². The summed E-state index contributed by atoms with van der Waals surface area (Å²) in [4.78, 5) is 12.7. The molecule has 2 aromatic rings. The molecule has 0 saturated carbocycles. The number of rotatable bonds is 7. The molecule has 3 rings (SSSR count). The summed E-state index contributed by atoms with van der Waals surface area (Å²) in [6.07, 6.45) is 2.26. The van der Waals surface area contributed by atoms with Crippen LogP contribution in [0.5, 0.6) is 0 Å². The number of benzene rings is 1. The van der Waals surface area contributed by atoms with Crippen molar-refractivity contribution in [3.8, 4) is 0 Å². The van der Waals surface area contributed by atoms with Crippen LogP contribution >= 0.6 is 27.7 Å². The molecule has 1 aliphatic heterocycles. The minimum absolute atomic E-state index is 0.0877. The van der Waals surface area contributed by atoms with Crippen molar-refractivity contribution in [3.63, 3.8) is 0 Å². The fraction of sp³-hybridized carbons (Fsp3) is 0.421.